The van der Waals surface area contributed by atoms with Gasteiger partial charge in [-0.1, -0.05) is 19.8 Å². The summed E-state index contributed by atoms with van der Waals surface area (Å²) < 4.78 is 0. The van der Waals surface area contributed by atoms with Crippen LogP contribution in [-0.4, -0.2) is 23.2 Å². The minimum atomic E-state index is 0.0814. The van der Waals surface area contributed by atoms with Crippen LogP contribution in [0.15, 0.2) is 18.5 Å². The number of nitrogens with zero attached hydrogens (tertiary/aromatic N) is 2. The van der Waals surface area contributed by atoms with Crippen molar-refractivity contribution in [3.8, 4) is 0 Å². The van der Waals surface area contributed by atoms with Crippen LogP contribution in [-0.2, 0) is 6.61 Å². The molecule has 0 unspecified atom stereocenters. The van der Waals surface area contributed by atoms with Crippen molar-refractivity contribution in [2.45, 2.75) is 39.2 Å². The van der Waals surface area contributed by atoms with Gasteiger partial charge >= 0.3 is 0 Å². The molecule has 0 bridgehead atoms. The minimum absolute atomic E-state index is 0.0814. The highest BCUT2D eigenvalue weighted by molar-refractivity contribution is 5.52. The van der Waals surface area contributed by atoms with E-state index in [1.54, 1.807) is 6.20 Å². The van der Waals surface area contributed by atoms with Gasteiger partial charge < -0.3 is 10.0 Å². The average Bonchev–Trinajstić information content (AvgIpc) is 2.40. The predicted octanol–water partition coefficient (Wildman–Crippen LogP) is 2.59. The molecular weight excluding hydrogens is 212 g/mol. The molecular formula is C14H22N2O. The molecule has 94 valence electrons. The summed E-state index contributed by atoms with van der Waals surface area (Å²) in [7, 11) is 0. The second kappa shape index (κ2) is 6.01. The molecule has 2 rings (SSSR count). The lowest BCUT2D eigenvalue weighted by molar-refractivity contribution is 0.281. The molecule has 1 aromatic rings. The molecule has 1 fully saturated rings. The van der Waals surface area contributed by atoms with E-state index in [4.69, 9.17) is 0 Å². The Bertz CT molecular complexity index is 346. The van der Waals surface area contributed by atoms with Gasteiger partial charge in [0, 0.05) is 36.7 Å². The van der Waals surface area contributed by atoms with E-state index in [0.29, 0.717) is 0 Å². The molecule has 1 aliphatic heterocycles. The summed E-state index contributed by atoms with van der Waals surface area (Å²) in [6, 6.07) is 2.02. The fraction of sp³-hybridized carbons (Fsp3) is 0.643. The van der Waals surface area contributed by atoms with Crippen molar-refractivity contribution in [2.24, 2.45) is 5.92 Å². The molecule has 1 aliphatic rings. The van der Waals surface area contributed by atoms with Crippen LogP contribution in [0.4, 0.5) is 5.69 Å². The van der Waals surface area contributed by atoms with Gasteiger partial charge in [0.2, 0.25) is 0 Å². The lowest BCUT2D eigenvalue weighted by Crippen LogP contribution is -2.34. The van der Waals surface area contributed by atoms with Gasteiger partial charge in [-0.25, -0.2) is 0 Å². The zero-order chi connectivity index (χ0) is 12.1. The van der Waals surface area contributed by atoms with E-state index in [9.17, 15) is 5.11 Å². The average molecular weight is 234 g/mol. The van der Waals surface area contributed by atoms with Crippen LogP contribution >= 0.6 is 0 Å². The summed E-state index contributed by atoms with van der Waals surface area (Å²) in [5, 5.41) is 9.32. The molecule has 3 nitrogen and oxygen atoms in total. The van der Waals surface area contributed by atoms with Crippen molar-refractivity contribution in [3.63, 3.8) is 0 Å². The van der Waals surface area contributed by atoms with Gasteiger partial charge in [-0.3, -0.25) is 4.98 Å². The SMILES string of the molecule is CCCC1CCN(c2ccncc2CO)CC1. The molecule has 17 heavy (non-hydrogen) atoms. The number of piperidine rings is 1. The molecule has 0 atom stereocenters. The summed E-state index contributed by atoms with van der Waals surface area (Å²) in [5.41, 5.74) is 2.11. The molecule has 0 aromatic carbocycles. The summed E-state index contributed by atoms with van der Waals surface area (Å²) in [5.74, 6) is 0.899. The molecule has 1 N–H and O–H groups in total. The van der Waals surface area contributed by atoms with Crippen LogP contribution < -0.4 is 4.90 Å². The maximum Gasteiger partial charge on any atom is 0.0717 e. The lowest BCUT2D eigenvalue weighted by atomic mass is 9.92. The number of aliphatic hydroxyl groups is 1. The first-order chi connectivity index (χ1) is 8.35. The third kappa shape index (κ3) is 2.97. The van der Waals surface area contributed by atoms with Crippen LogP contribution in [0.25, 0.3) is 0 Å². The maximum atomic E-state index is 9.32. The number of pyridine rings is 1. The summed E-state index contributed by atoms with van der Waals surface area (Å²) >= 11 is 0. The van der Waals surface area contributed by atoms with Gasteiger partial charge in [0.1, 0.15) is 0 Å². The van der Waals surface area contributed by atoms with Crippen LogP contribution in [0.2, 0.25) is 0 Å². The molecule has 0 radical (unpaired) electrons. The molecule has 0 aliphatic carbocycles. The van der Waals surface area contributed by atoms with E-state index in [1.807, 2.05) is 12.3 Å². The standard InChI is InChI=1S/C14H22N2O/c1-2-3-12-5-8-16(9-6-12)14-4-7-15-10-13(14)11-17/h4,7,10,12,17H,2-3,5-6,8-9,11H2,1H3. The molecule has 3 heteroatoms. The van der Waals surface area contributed by atoms with Crippen molar-refractivity contribution >= 4 is 5.69 Å². The largest absolute Gasteiger partial charge is 0.392 e. The number of aliphatic hydroxyl groups excluding tert-OH is 1. The van der Waals surface area contributed by atoms with Crippen LogP contribution in [0.3, 0.4) is 0 Å². The molecule has 1 saturated heterocycles. The highest BCUT2D eigenvalue weighted by Gasteiger charge is 2.20. The lowest BCUT2D eigenvalue weighted by Gasteiger charge is -2.34. The van der Waals surface area contributed by atoms with Crippen molar-refractivity contribution in [3.05, 3.63) is 24.0 Å². The Balaban J connectivity index is 2.00. The number of hydrogen-bond donors (Lipinski definition) is 1. The summed E-state index contributed by atoms with van der Waals surface area (Å²) in [6.07, 6.45) is 8.79. The quantitative estimate of drug-likeness (QED) is 0.870. The Morgan fingerprint density at radius 2 is 2.18 bits per heavy atom. The molecule has 0 saturated carbocycles. The first kappa shape index (κ1) is 12.4. The maximum absolute atomic E-state index is 9.32. The van der Waals surface area contributed by atoms with Gasteiger partial charge in [0.25, 0.3) is 0 Å². The monoisotopic (exact) mass is 234 g/mol. The second-order valence-corrected chi connectivity index (χ2v) is 4.88. The zero-order valence-corrected chi connectivity index (χ0v) is 10.6. The van der Waals surface area contributed by atoms with Gasteiger partial charge in [-0.05, 0) is 24.8 Å². The highest BCUT2D eigenvalue weighted by Crippen LogP contribution is 2.27. The summed E-state index contributed by atoms with van der Waals surface area (Å²) in [4.78, 5) is 6.46. The Morgan fingerprint density at radius 1 is 1.41 bits per heavy atom. The fourth-order valence-electron chi connectivity index (χ4n) is 2.72. The molecule has 0 amide bonds. The highest BCUT2D eigenvalue weighted by atomic mass is 16.3. The zero-order valence-electron chi connectivity index (χ0n) is 10.6. The van der Waals surface area contributed by atoms with E-state index in [2.05, 4.69) is 16.8 Å². The van der Waals surface area contributed by atoms with Crippen molar-refractivity contribution < 1.29 is 5.11 Å². The van der Waals surface area contributed by atoms with E-state index in [-0.39, 0.29) is 6.61 Å². The minimum Gasteiger partial charge on any atom is -0.392 e. The second-order valence-electron chi connectivity index (χ2n) is 4.88. The third-order valence-corrected chi connectivity index (χ3v) is 3.70. The third-order valence-electron chi connectivity index (χ3n) is 3.70. The van der Waals surface area contributed by atoms with Crippen LogP contribution in [0, 0.1) is 5.92 Å². The normalized spacial score (nSPS) is 17.4. The summed E-state index contributed by atoms with van der Waals surface area (Å²) in [6.45, 7) is 4.57. The van der Waals surface area contributed by atoms with Crippen LogP contribution in [0.5, 0.6) is 0 Å². The number of anilines is 1. The van der Waals surface area contributed by atoms with Crippen molar-refractivity contribution in [2.75, 3.05) is 18.0 Å². The number of rotatable bonds is 4. The number of aromatic nitrogens is 1. The predicted molar refractivity (Wildman–Crippen MR) is 70.0 cm³/mol. The fourth-order valence-corrected chi connectivity index (χ4v) is 2.72. The van der Waals surface area contributed by atoms with Gasteiger partial charge in [0.15, 0.2) is 0 Å². The Kier molecular flexibility index (Phi) is 4.37. The van der Waals surface area contributed by atoms with E-state index < -0.39 is 0 Å². The Hall–Kier alpha value is -1.09. The first-order valence-electron chi connectivity index (χ1n) is 6.63. The van der Waals surface area contributed by atoms with Crippen molar-refractivity contribution in [1.29, 1.82) is 0 Å². The van der Waals surface area contributed by atoms with E-state index >= 15 is 0 Å². The van der Waals surface area contributed by atoms with E-state index in [1.165, 1.54) is 25.7 Å². The van der Waals surface area contributed by atoms with Gasteiger partial charge in [-0.2, -0.15) is 0 Å². The van der Waals surface area contributed by atoms with Gasteiger partial charge in [0.05, 0.1) is 6.61 Å². The molecule has 0 spiro atoms. The number of hydrogen-bond acceptors (Lipinski definition) is 3. The van der Waals surface area contributed by atoms with E-state index in [0.717, 1.165) is 30.3 Å². The Labute approximate surface area is 103 Å². The first-order valence-corrected chi connectivity index (χ1v) is 6.63. The van der Waals surface area contributed by atoms with Crippen LogP contribution in [0.1, 0.15) is 38.2 Å². The van der Waals surface area contributed by atoms with Gasteiger partial charge in [-0.15, -0.1) is 0 Å². The topological polar surface area (TPSA) is 36.4 Å². The Morgan fingerprint density at radius 3 is 2.82 bits per heavy atom. The van der Waals surface area contributed by atoms with Crippen molar-refractivity contribution in [1.82, 2.24) is 4.98 Å². The smallest absolute Gasteiger partial charge is 0.0717 e. The molecule has 2 heterocycles. The molecule has 1 aromatic heterocycles.